The molecule has 1 aromatic rings. The van der Waals surface area contributed by atoms with Crippen LogP contribution in [0.2, 0.25) is 0 Å². The van der Waals surface area contributed by atoms with Gasteiger partial charge in [-0.25, -0.2) is 13.2 Å². The second kappa shape index (κ2) is 4.99. The highest BCUT2D eigenvalue weighted by Gasteiger charge is 2.62. The largest absolute Gasteiger partial charge is 0.465 e. The number of carbonyl (C=O) groups is 1. The quantitative estimate of drug-likeness (QED) is 0.844. The molecule has 1 aromatic carbocycles. The van der Waals surface area contributed by atoms with E-state index in [-0.39, 0.29) is 6.54 Å². The lowest BCUT2D eigenvalue weighted by Gasteiger charge is -2.21. The highest BCUT2D eigenvalue weighted by molar-refractivity contribution is 7.92. The molecule has 3 rings (SSSR count). The fraction of sp³-hybridized carbons (Fsp3) is 0.500. The summed E-state index contributed by atoms with van der Waals surface area (Å²) in [6, 6.07) is 8.38. The molecule has 1 aliphatic heterocycles. The zero-order valence-electron chi connectivity index (χ0n) is 11.5. The Morgan fingerprint density at radius 3 is 2.71 bits per heavy atom. The van der Waals surface area contributed by atoms with Crippen LogP contribution in [-0.2, 0) is 9.84 Å². The molecule has 2 atom stereocenters. The van der Waals surface area contributed by atoms with Crippen molar-refractivity contribution in [2.75, 3.05) is 26.2 Å². The summed E-state index contributed by atoms with van der Waals surface area (Å²) in [7, 11) is -3.40. The van der Waals surface area contributed by atoms with Gasteiger partial charge in [-0.15, -0.1) is 0 Å². The first-order valence-electron chi connectivity index (χ1n) is 6.93. The van der Waals surface area contributed by atoms with Crippen LogP contribution in [0.25, 0.3) is 0 Å². The van der Waals surface area contributed by atoms with E-state index in [1.165, 1.54) is 4.90 Å². The van der Waals surface area contributed by atoms with Crippen molar-refractivity contribution < 1.29 is 18.3 Å². The van der Waals surface area contributed by atoms with Gasteiger partial charge >= 0.3 is 6.09 Å². The number of rotatable bonds is 2. The number of nitrogens with one attached hydrogen (secondary N) is 1. The first-order valence-corrected chi connectivity index (χ1v) is 8.48. The molecule has 6 nitrogen and oxygen atoms in total. The number of benzene rings is 1. The number of hydrogen-bond donors (Lipinski definition) is 2. The number of hydrogen-bond acceptors (Lipinski definition) is 4. The summed E-state index contributed by atoms with van der Waals surface area (Å²) in [6.45, 7) is 1.79. The van der Waals surface area contributed by atoms with E-state index in [4.69, 9.17) is 0 Å². The Hall–Kier alpha value is -1.60. The van der Waals surface area contributed by atoms with Crippen molar-refractivity contribution in [1.29, 1.82) is 0 Å². The molecule has 1 saturated heterocycles. The molecular weight excluding hydrogens is 292 g/mol. The van der Waals surface area contributed by atoms with Crippen LogP contribution in [0.4, 0.5) is 4.79 Å². The molecular formula is C14H18N2O4S. The lowest BCUT2D eigenvalue weighted by molar-refractivity contribution is 0.140. The fourth-order valence-electron chi connectivity index (χ4n) is 3.11. The van der Waals surface area contributed by atoms with Crippen LogP contribution < -0.4 is 5.32 Å². The Morgan fingerprint density at radius 1 is 1.33 bits per heavy atom. The summed E-state index contributed by atoms with van der Waals surface area (Å²) in [4.78, 5) is 12.8. The van der Waals surface area contributed by atoms with Crippen LogP contribution in [0.15, 0.2) is 35.2 Å². The molecule has 2 fully saturated rings. The Kier molecular flexibility index (Phi) is 3.41. The predicted molar refractivity (Wildman–Crippen MR) is 76.9 cm³/mol. The number of carboxylic acid groups (broad SMARTS) is 1. The molecule has 2 aliphatic rings. The van der Waals surface area contributed by atoms with Gasteiger partial charge in [0.15, 0.2) is 9.84 Å². The topological polar surface area (TPSA) is 86.7 Å². The molecule has 1 amide bonds. The van der Waals surface area contributed by atoms with Crippen LogP contribution in [-0.4, -0.2) is 55.9 Å². The molecule has 1 aliphatic carbocycles. The Morgan fingerprint density at radius 2 is 2.05 bits per heavy atom. The van der Waals surface area contributed by atoms with Gasteiger partial charge in [0.2, 0.25) is 0 Å². The molecule has 0 radical (unpaired) electrons. The number of sulfone groups is 1. The minimum Gasteiger partial charge on any atom is -0.465 e. The standard InChI is InChI=1S/C14H18N2O4S/c17-13(18)16-7-6-15-9-14(10-16)8-12(14)21(19,20)11-4-2-1-3-5-11/h1-5,12,15H,6-10H2,(H,17,18). The first-order chi connectivity index (χ1) is 9.96. The summed E-state index contributed by atoms with van der Waals surface area (Å²) in [5.74, 6) is 0. The van der Waals surface area contributed by atoms with E-state index in [1.807, 2.05) is 0 Å². The van der Waals surface area contributed by atoms with Crippen molar-refractivity contribution in [3.63, 3.8) is 0 Å². The van der Waals surface area contributed by atoms with Crippen LogP contribution in [0.5, 0.6) is 0 Å². The van der Waals surface area contributed by atoms with Gasteiger partial charge in [0, 0.05) is 31.6 Å². The number of nitrogens with zero attached hydrogens (tertiary/aromatic N) is 1. The Balaban J connectivity index is 1.85. The van der Waals surface area contributed by atoms with Gasteiger partial charge in [-0.05, 0) is 18.6 Å². The highest BCUT2D eigenvalue weighted by Crippen LogP contribution is 2.53. The summed E-state index contributed by atoms with van der Waals surface area (Å²) in [6.07, 6.45) is -0.470. The SMILES string of the molecule is O=C(O)N1CCNCC2(CC2S(=O)(=O)c2ccccc2)C1. The molecule has 1 heterocycles. The average molecular weight is 310 g/mol. The smallest absolute Gasteiger partial charge is 0.407 e. The molecule has 114 valence electrons. The van der Waals surface area contributed by atoms with Gasteiger partial charge in [-0.1, -0.05) is 18.2 Å². The van der Waals surface area contributed by atoms with Crippen LogP contribution in [0, 0.1) is 5.41 Å². The maximum Gasteiger partial charge on any atom is 0.407 e. The van der Waals surface area contributed by atoms with Crippen molar-refractivity contribution in [1.82, 2.24) is 10.2 Å². The lowest BCUT2D eigenvalue weighted by Crippen LogP contribution is -2.37. The molecule has 0 bridgehead atoms. The Labute approximate surface area is 123 Å². The van der Waals surface area contributed by atoms with E-state index in [0.29, 0.717) is 31.0 Å². The van der Waals surface area contributed by atoms with Gasteiger partial charge in [0.25, 0.3) is 0 Å². The monoisotopic (exact) mass is 310 g/mol. The lowest BCUT2D eigenvalue weighted by atomic mass is 10.1. The molecule has 2 N–H and O–H groups in total. The van der Waals surface area contributed by atoms with Gasteiger partial charge in [0.05, 0.1) is 10.1 Å². The van der Waals surface area contributed by atoms with Crippen LogP contribution in [0.1, 0.15) is 6.42 Å². The second-order valence-electron chi connectivity index (χ2n) is 5.79. The second-order valence-corrected chi connectivity index (χ2v) is 7.92. The average Bonchev–Trinajstić information content (AvgIpc) is 3.23. The Bertz CT molecular complexity index is 646. The molecule has 1 saturated carbocycles. The number of amides is 1. The zero-order chi connectivity index (χ0) is 15.1. The molecule has 7 heteroatoms. The van der Waals surface area contributed by atoms with E-state index >= 15 is 0 Å². The van der Waals surface area contributed by atoms with Gasteiger partial charge in [0.1, 0.15) is 0 Å². The van der Waals surface area contributed by atoms with Crippen LogP contribution in [0.3, 0.4) is 0 Å². The van der Waals surface area contributed by atoms with Gasteiger partial charge < -0.3 is 15.3 Å². The van der Waals surface area contributed by atoms with E-state index in [0.717, 1.165) is 0 Å². The van der Waals surface area contributed by atoms with E-state index < -0.39 is 26.6 Å². The third-order valence-electron chi connectivity index (χ3n) is 4.37. The maximum atomic E-state index is 12.7. The summed E-state index contributed by atoms with van der Waals surface area (Å²) >= 11 is 0. The molecule has 0 aromatic heterocycles. The third kappa shape index (κ3) is 2.51. The predicted octanol–water partition coefficient (Wildman–Crippen LogP) is 0.802. The zero-order valence-corrected chi connectivity index (χ0v) is 12.3. The molecule has 1 spiro atoms. The van der Waals surface area contributed by atoms with Crippen molar-refractivity contribution >= 4 is 15.9 Å². The van der Waals surface area contributed by atoms with E-state index in [1.54, 1.807) is 30.3 Å². The van der Waals surface area contributed by atoms with Crippen molar-refractivity contribution in [2.24, 2.45) is 5.41 Å². The van der Waals surface area contributed by atoms with Crippen molar-refractivity contribution in [2.45, 2.75) is 16.6 Å². The van der Waals surface area contributed by atoms with E-state index in [2.05, 4.69) is 5.32 Å². The normalized spacial score (nSPS) is 29.1. The third-order valence-corrected chi connectivity index (χ3v) is 6.72. The van der Waals surface area contributed by atoms with Gasteiger partial charge in [-0.2, -0.15) is 0 Å². The van der Waals surface area contributed by atoms with Crippen molar-refractivity contribution in [3.05, 3.63) is 30.3 Å². The van der Waals surface area contributed by atoms with Gasteiger partial charge in [-0.3, -0.25) is 0 Å². The highest BCUT2D eigenvalue weighted by atomic mass is 32.2. The summed E-state index contributed by atoms with van der Waals surface area (Å²) in [5, 5.41) is 11.8. The van der Waals surface area contributed by atoms with Crippen LogP contribution >= 0.6 is 0 Å². The van der Waals surface area contributed by atoms with Crippen molar-refractivity contribution in [3.8, 4) is 0 Å². The minimum absolute atomic E-state index is 0.284. The first kappa shape index (κ1) is 14.3. The fourth-order valence-corrected chi connectivity index (χ4v) is 5.34. The molecule has 2 unspecified atom stereocenters. The maximum absolute atomic E-state index is 12.7. The summed E-state index contributed by atoms with van der Waals surface area (Å²) in [5.41, 5.74) is -0.483. The minimum atomic E-state index is -3.40. The summed E-state index contributed by atoms with van der Waals surface area (Å²) < 4.78 is 25.3. The van der Waals surface area contributed by atoms with E-state index in [9.17, 15) is 18.3 Å². The molecule has 21 heavy (non-hydrogen) atoms.